The van der Waals surface area contributed by atoms with Crippen molar-refractivity contribution in [3.8, 4) is 0 Å². The molecule has 1 rings (SSSR count). The Labute approximate surface area is 89.0 Å². The lowest BCUT2D eigenvalue weighted by molar-refractivity contribution is -0.142. The molecule has 0 aromatic carbocycles. The Bertz CT molecular complexity index is 232. The highest BCUT2D eigenvalue weighted by Crippen LogP contribution is 2.32. The first kappa shape index (κ1) is 11.6. The third-order valence-electron chi connectivity index (χ3n) is 2.86. The van der Waals surface area contributed by atoms with Crippen molar-refractivity contribution in [3.05, 3.63) is 0 Å². The van der Waals surface area contributed by atoms with Gasteiger partial charge in [-0.1, -0.05) is 0 Å². The van der Waals surface area contributed by atoms with E-state index >= 15 is 0 Å². The molecular formula is C10H17NO2S. The Morgan fingerprint density at radius 2 is 1.79 bits per heavy atom. The molecule has 0 heterocycles. The minimum Gasteiger partial charge on any atom is -0.481 e. The van der Waals surface area contributed by atoms with Crippen LogP contribution in [0.5, 0.6) is 0 Å². The second-order valence-corrected chi connectivity index (χ2v) is 4.48. The van der Waals surface area contributed by atoms with Crippen LogP contribution in [0.3, 0.4) is 0 Å². The predicted octanol–water partition coefficient (Wildman–Crippen LogP) is 2.27. The fraction of sp³-hybridized carbons (Fsp3) is 0.800. The molecule has 3 nitrogen and oxygen atoms in total. The van der Waals surface area contributed by atoms with E-state index in [2.05, 4.69) is 4.99 Å². The third kappa shape index (κ3) is 2.74. The van der Waals surface area contributed by atoms with Crippen LogP contribution in [0.1, 0.15) is 25.7 Å². The van der Waals surface area contributed by atoms with Gasteiger partial charge in [0.1, 0.15) is 0 Å². The van der Waals surface area contributed by atoms with Crippen molar-refractivity contribution in [2.24, 2.45) is 16.8 Å². The number of rotatable bonds is 2. The first-order valence-corrected chi connectivity index (χ1v) is 6.15. The molecule has 0 atom stereocenters. The van der Waals surface area contributed by atoms with Crippen molar-refractivity contribution < 1.29 is 9.90 Å². The Morgan fingerprint density at radius 1 is 1.29 bits per heavy atom. The summed E-state index contributed by atoms with van der Waals surface area (Å²) in [6.07, 6.45) is 5.60. The smallest absolute Gasteiger partial charge is 0.306 e. The highest BCUT2D eigenvalue weighted by molar-refractivity contribution is 8.13. The lowest BCUT2D eigenvalue weighted by atomic mass is 9.82. The molecule has 80 valence electrons. The zero-order chi connectivity index (χ0) is 10.6. The van der Waals surface area contributed by atoms with E-state index in [1.165, 1.54) is 5.04 Å². The maximum absolute atomic E-state index is 10.7. The van der Waals surface area contributed by atoms with Gasteiger partial charge in [0.25, 0.3) is 0 Å². The summed E-state index contributed by atoms with van der Waals surface area (Å²) in [5.74, 6) is -0.251. The van der Waals surface area contributed by atoms with Crippen LogP contribution in [0, 0.1) is 11.8 Å². The largest absolute Gasteiger partial charge is 0.481 e. The normalized spacial score (nSPS) is 28.9. The molecule has 1 aliphatic carbocycles. The van der Waals surface area contributed by atoms with E-state index in [1.54, 1.807) is 11.8 Å². The van der Waals surface area contributed by atoms with E-state index in [0.717, 1.165) is 25.7 Å². The number of nitrogens with zero attached hydrogens (tertiary/aromatic N) is 1. The monoisotopic (exact) mass is 215 g/mol. The first-order valence-electron chi connectivity index (χ1n) is 4.92. The van der Waals surface area contributed by atoms with Crippen LogP contribution in [0.15, 0.2) is 4.99 Å². The standard InChI is InChI=1S/C10H17NO2S/c1-11-9(14-2)7-3-5-8(6-4-7)10(12)13/h7-8H,3-6H2,1-2H3,(H,12,13)/t7-,8-. The van der Waals surface area contributed by atoms with E-state index < -0.39 is 5.97 Å². The molecule has 0 amide bonds. The van der Waals surface area contributed by atoms with Crippen molar-refractivity contribution in [2.75, 3.05) is 13.3 Å². The summed E-state index contributed by atoms with van der Waals surface area (Å²) in [7, 11) is 1.81. The summed E-state index contributed by atoms with van der Waals surface area (Å²) in [6.45, 7) is 0. The SMILES string of the molecule is CN=C(SC)[C@H]1CC[C@H](C(=O)O)CC1. The zero-order valence-electron chi connectivity index (χ0n) is 8.69. The molecule has 0 spiro atoms. The highest BCUT2D eigenvalue weighted by atomic mass is 32.2. The molecule has 1 fully saturated rings. The lowest BCUT2D eigenvalue weighted by Crippen LogP contribution is -2.24. The van der Waals surface area contributed by atoms with Crippen LogP contribution < -0.4 is 0 Å². The van der Waals surface area contributed by atoms with Crippen molar-refractivity contribution in [1.82, 2.24) is 0 Å². The van der Waals surface area contributed by atoms with Gasteiger partial charge in [-0.25, -0.2) is 0 Å². The zero-order valence-corrected chi connectivity index (χ0v) is 9.51. The van der Waals surface area contributed by atoms with Gasteiger partial charge in [-0.15, -0.1) is 11.8 Å². The Balaban J connectivity index is 2.46. The van der Waals surface area contributed by atoms with Gasteiger partial charge in [-0.05, 0) is 31.9 Å². The highest BCUT2D eigenvalue weighted by Gasteiger charge is 2.27. The van der Waals surface area contributed by atoms with Gasteiger partial charge in [0.2, 0.25) is 0 Å². The minimum atomic E-state index is -0.636. The predicted molar refractivity (Wildman–Crippen MR) is 60.0 cm³/mol. The second-order valence-electron chi connectivity index (χ2n) is 3.65. The van der Waals surface area contributed by atoms with Crippen LogP contribution >= 0.6 is 11.8 Å². The molecule has 1 saturated carbocycles. The average molecular weight is 215 g/mol. The summed E-state index contributed by atoms with van der Waals surface area (Å²) in [5.41, 5.74) is 0. The van der Waals surface area contributed by atoms with Gasteiger partial charge in [0.15, 0.2) is 0 Å². The van der Waals surface area contributed by atoms with Gasteiger partial charge in [0, 0.05) is 13.0 Å². The summed E-state index contributed by atoms with van der Waals surface area (Å²) >= 11 is 1.69. The number of hydrogen-bond donors (Lipinski definition) is 1. The van der Waals surface area contributed by atoms with Gasteiger partial charge in [-0.3, -0.25) is 9.79 Å². The molecule has 0 unspecified atom stereocenters. The fourth-order valence-electron chi connectivity index (χ4n) is 2.03. The number of aliphatic imine (C=N–C) groups is 1. The van der Waals surface area contributed by atoms with E-state index in [4.69, 9.17) is 5.11 Å². The Kier molecular flexibility index (Phi) is 4.45. The molecule has 0 radical (unpaired) electrons. The molecule has 0 saturated heterocycles. The Hall–Kier alpha value is -0.510. The molecule has 4 heteroatoms. The quantitative estimate of drug-likeness (QED) is 0.568. The molecule has 0 aromatic heterocycles. The summed E-state index contributed by atoms with van der Waals surface area (Å²) in [5, 5.41) is 10.0. The first-order chi connectivity index (χ1) is 6.69. The molecule has 1 N–H and O–H groups in total. The lowest BCUT2D eigenvalue weighted by Gasteiger charge is -2.26. The van der Waals surface area contributed by atoms with Crippen LogP contribution in [0.25, 0.3) is 0 Å². The summed E-state index contributed by atoms with van der Waals surface area (Å²) in [4.78, 5) is 15.0. The van der Waals surface area contributed by atoms with Crippen LogP contribution in [0.2, 0.25) is 0 Å². The van der Waals surface area contributed by atoms with Gasteiger partial charge in [-0.2, -0.15) is 0 Å². The molecule has 0 aliphatic heterocycles. The van der Waals surface area contributed by atoms with Crippen LogP contribution in [0.4, 0.5) is 0 Å². The molecule has 0 aromatic rings. The Morgan fingerprint density at radius 3 is 2.14 bits per heavy atom. The van der Waals surface area contributed by atoms with Crippen molar-refractivity contribution in [1.29, 1.82) is 0 Å². The second kappa shape index (κ2) is 5.39. The van der Waals surface area contributed by atoms with Gasteiger partial charge < -0.3 is 5.11 Å². The van der Waals surface area contributed by atoms with E-state index in [-0.39, 0.29) is 5.92 Å². The van der Waals surface area contributed by atoms with Crippen LogP contribution in [-0.2, 0) is 4.79 Å². The number of thioether (sulfide) groups is 1. The van der Waals surface area contributed by atoms with Crippen molar-refractivity contribution >= 4 is 22.8 Å². The maximum Gasteiger partial charge on any atom is 0.306 e. The average Bonchev–Trinajstić information content (AvgIpc) is 2.20. The van der Waals surface area contributed by atoms with Gasteiger partial charge >= 0.3 is 5.97 Å². The number of carboxylic acid groups (broad SMARTS) is 1. The fourth-order valence-corrected chi connectivity index (χ4v) is 2.78. The molecular weight excluding hydrogens is 198 g/mol. The van der Waals surface area contributed by atoms with Gasteiger partial charge in [0.05, 0.1) is 11.0 Å². The topological polar surface area (TPSA) is 49.7 Å². The van der Waals surface area contributed by atoms with E-state index in [0.29, 0.717) is 5.92 Å². The maximum atomic E-state index is 10.7. The van der Waals surface area contributed by atoms with E-state index in [9.17, 15) is 4.79 Å². The van der Waals surface area contributed by atoms with Crippen LogP contribution in [-0.4, -0.2) is 29.4 Å². The van der Waals surface area contributed by atoms with Crippen molar-refractivity contribution in [2.45, 2.75) is 25.7 Å². The molecule has 14 heavy (non-hydrogen) atoms. The number of hydrogen-bond acceptors (Lipinski definition) is 3. The van der Waals surface area contributed by atoms with Crippen molar-refractivity contribution in [3.63, 3.8) is 0 Å². The van der Waals surface area contributed by atoms with E-state index in [1.807, 2.05) is 13.3 Å². The summed E-state index contributed by atoms with van der Waals surface area (Å²) < 4.78 is 0. The minimum absolute atomic E-state index is 0.119. The third-order valence-corrected chi connectivity index (χ3v) is 3.79. The molecule has 0 bridgehead atoms. The number of carbonyl (C=O) groups is 1. The summed E-state index contributed by atoms with van der Waals surface area (Å²) in [6, 6.07) is 0. The molecule has 1 aliphatic rings. The number of carboxylic acids is 1. The number of aliphatic carboxylic acids is 1.